The lowest BCUT2D eigenvalue weighted by Gasteiger charge is -2.26. The Morgan fingerprint density at radius 1 is 1.14 bits per heavy atom. The van der Waals surface area contributed by atoms with E-state index in [1.807, 2.05) is 30.3 Å². The molecule has 0 saturated carbocycles. The van der Waals surface area contributed by atoms with Crippen molar-refractivity contribution >= 4 is 33.5 Å². The normalized spacial score (nSPS) is 15.2. The first-order valence-electron chi connectivity index (χ1n) is 9.48. The molecule has 0 aliphatic carbocycles. The summed E-state index contributed by atoms with van der Waals surface area (Å²) in [5.74, 6) is 0.239. The number of morpholine rings is 1. The van der Waals surface area contributed by atoms with Crippen molar-refractivity contribution in [3.05, 3.63) is 69.4 Å². The summed E-state index contributed by atoms with van der Waals surface area (Å²) >= 11 is 0.921. The van der Waals surface area contributed by atoms with Gasteiger partial charge in [0.05, 0.1) is 23.5 Å². The zero-order chi connectivity index (χ0) is 20.1. The van der Waals surface area contributed by atoms with Gasteiger partial charge in [-0.25, -0.2) is 4.79 Å². The van der Waals surface area contributed by atoms with Gasteiger partial charge in [-0.3, -0.25) is 9.69 Å². The van der Waals surface area contributed by atoms with E-state index in [2.05, 4.69) is 4.90 Å². The Kier molecular flexibility index (Phi) is 6.19. The van der Waals surface area contributed by atoms with Crippen LogP contribution in [0.3, 0.4) is 0 Å². The number of rotatable bonds is 7. The molecule has 0 amide bonds. The third-order valence-electron chi connectivity index (χ3n) is 4.70. The average molecular weight is 411 g/mol. The Labute approximate surface area is 172 Å². The van der Waals surface area contributed by atoms with Crippen LogP contribution in [0, 0.1) is 0 Å². The predicted octanol–water partition coefficient (Wildman–Crippen LogP) is 3.46. The van der Waals surface area contributed by atoms with Crippen molar-refractivity contribution in [1.82, 2.24) is 4.90 Å². The molecule has 1 aliphatic rings. The van der Waals surface area contributed by atoms with Crippen molar-refractivity contribution in [2.45, 2.75) is 0 Å². The quantitative estimate of drug-likeness (QED) is 0.438. The molecule has 1 aliphatic heterocycles. The third-order valence-corrected chi connectivity index (χ3v) is 5.56. The maximum atomic E-state index is 13.0. The van der Waals surface area contributed by atoms with Crippen molar-refractivity contribution < 1.29 is 18.7 Å². The average Bonchev–Trinajstić information content (AvgIpc) is 3.13. The molecule has 0 atom stereocenters. The Balaban J connectivity index is 1.57. The van der Waals surface area contributed by atoms with Gasteiger partial charge >= 0.3 is 4.94 Å². The first-order chi connectivity index (χ1) is 14.2. The van der Waals surface area contributed by atoms with Gasteiger partial charge in [0.2, 0.25) is 0 Å². The van der Waals surface area contributed by atoms with Crippen molar-refractivity contribution in [3.63, 3.8) is 0 Å². The molecule has 0 bridgehead atoms. The first-order valence-corrected chi connectivity index (χ1v) is 10.3. The molecule has 6 nitrogen and oxygen atoms in total. The van der Waals surface area contributed by atoms with Gasteiger partial charge in [-0.1, -0.05) is 47.7 Å². The number of benzene rings is 2. The lowest BCUT2D eigenvalue weighted by Crippen LogP contribution is -2.38. The molecule has 0 unspecified atom stereocenters. The van der Waals surface area contributed by atoms with Gasteiger partial charge in [0.25, 0.3) is 0 Å². The monoisotopic (exact) mass is 411 g/mol. The summed E-state index contributed by atoms with van der Waals surface area (Å²) in [5, 5.41) is 0. The highest BCUT2D eigenvalue weighted by Gasteiger charge is 2.19. The number of ether oxygens (including phenoxy) is 2. The maximum absolute atomic E-state index is 13.0. The molecule has 1 aromatic heterocycles. The van der Waals surface area contributed by atoms with Crippen LogP contribution >= 0.6 is 11.3 Å². The van der Waals surface area contributed by atoms with Crippen LogP contribution < -0.4 is 9.68 Å². The van der Waals surface area contributed by atoms with Crippen molar-refractivity contribution in [2.24, 2.45) is 0 Å². The second-order valence-electron chi connectivity index (χ2n) is 6.63. The van der Waals surface area contributed by atoms with E-state index in [1.54, 1.807) is 18.2 Å². The number of nitrogens with zero attached hydrogens (tertiary/aromatic N) is 1. The highest BCUT2D eigenvalue weighted by Crippen LogP contribution is 2.31. The van der Waals surface area contributed by atoms with Gasteiger partial charge < -0.3 is 13.9 Å². The fourth-order valence-electron chi connectivity index (χ4n) is 3.20. The van der Waals surface area contributed by atoms with Crippen LogP contribution in [0.15, 0.2) is 57.8 Å². The number of fused-ring (bicyclic) bond motifs is 1. The predicted molar refractivity (Wildman–Crippen MR) is 113 cm³/mol. The Morgan fingerprint density at radius 3 is 2.72 bits per heavy atom. The summed E-state index contributed by atoms with van der Waals surface area (Å²) < 4.78 is 17.0. The summed E-state index contributed by atoms with van der Waals surface area (Å²) in [6.07, 6.45) is 3.25. The van der Waals surface area contributed by atoms with Crippen molar-refractivity contribution in [1.29, 1.82) is 0 Å². The number of allylic oxidation sites excluding steroid dienone is 1. The van der Waals surface area contributed by atoms with Gasteiger partial charge in [-0.05, 0) is 23.8 Å². The van der Waals surface area contributed by atoms with Crippen molar-refractivity contribution in [2.75, 3.05) is 39.5 Å². The van der Waals surface area contributed by atoms with Gasteiger partial charge in [0.15, 0.2) is 11.4 Å². The molecule has 0 radical (unpaired) electrons. The minimum Gasteiger partial charge on any atom is -0.491 e. The smallest absolute Gasteiger partial charge is 0.396 e. The van der Waals surface area contributed by atoms with E-state index in [1.165, 1.54) is 6.08 Å². The van der Waals surface area contributed by atoms with Gasteiger partial charge in [-0.2, -0.15) is 0 Å². The van der Waals surface area contributed by atoms with Crippen LogP contribution in [0.25, 0.3) is 16.4 Å². The molecular weight excluding hydrogens is 390 g/mol. The number of carbonyl (C=O) groups is 1. The zero-order valence-corrected chi connectivity index (χ0v) is 16.7. The molecule has 1 saturated heterocycles. The molecule has 7 heteroatoms. The fourth-order valence-corrected chi connectivity index (χ4v) is 4.02. The molecule has 2 heterocycles. The second kappa shape index (κ2) is 9.17. The van der Waals surface area contributed by atoms with E-state index in [0.717, 1.165) is 49.7 Å². The Morgan fingerprint density at radius 2 is 1.93 bits per heavy atom. The summed E-state index contributed by atoms with van der Waals surface area (Å²) in [7, 11) is 0. The minimum absolute atomic E-state index is 0.224. The standard InChI is InChI=1S/C22H21NO5S/c24-17(7-6-16-4-2-1-3-5-16)20-18(8-9-19-21(20)29-22(25)28-19)27-15-12-23-10-13-26-14-11-23/h1-9H,10-15H2/b7-6+. The molecule has 150 valence electrons. The number of hydrogen-bond acceptors (Lipinski definition) is 7. The summed E-state index contributed by atoms with van der Waals surface area (Å²) in [4.78, 5) is 26.6. The highest BCUT2D eigenvalue weighted by molar-refractivity contribution is 7.16. The third kappa shape index (κ3) is 4.82. The Hall–Kier alpha value is -2.74. The van der Waals surface area contributed by atoms with Crippen LogP contribution in [-0.4, -0.2) is 50.1 Å². The number of carbonyl (C=O) groups excluding carboxylic acids is 1. The lowest BCUT2D eigenvalue weighted by atomic mass is 10.1. The van der Waals surface area contributed by atoms with Gasteiger partial charge in [-0.15, -0.1) is 0 Å². The van der Waals surface area contributed by atoms with E-state index >= 15 is 0 Å². The first kappa shape index (κ1) is 19.6. The minimum atomic E-state index is -0.438. The topological polar surface area (TPSA) is 69.0 Å². The number of hydrogen-bond donors (Lipinski definition) is 0. The molecule has 2 aromatic carbocycles. The number of ketones is 1. The molecule has 4 rings (SSSR count). The van der Waals surface area contributed by atoms with Crippen LogP contribution in [0.5, 0.6) is 5.75 Å². The Bertz CT molecular complexity index is 1060. The summed E-state index contributed by atoms with van der Waals surface area (Å²) in [6.45, 7) is 4.39. The van der Waals surface area contributed by atoms with E-state index < -0.39 is 4.94 Å². The van der Waals surface area contributed by atoms with Gasteiger partial charge in [0, 0.05) is 19.6 Å². The fraction of sp³-hybridized carbons (Fsp3) is 0.273. The molecule has 0 spiro atoms. The van der Waals surface area contributed by atoms with Crippen LogP contribution in [0.1, 0.15) is 15.9 Å². The van der Waals surface area contributed by atoms with Crippen LogP contribution in [0.2, 0.25) is 0 Å². The summed E-state index contributed by atoms with van der Waals surface area (Å²) in [5.41, 5.74) is 1.69. The van der Waals surface area contributed by atoms with Gasteiger partial charge in [0.1, 0.15) is 12.4 Å². The lowest BCUT2D eigenvalue weighted by molar-refractivity contribution is 0.0322. The molecule has 1 fully saturated rings. The SMILES string of the molecule is O=C(/C=C/c1ccccc1)c1c(OCCN2CCOCC2)ccc2oc(=O)sc12. The van der Waals surface area contributed by atoms with Crippen molar-refractivity contribution in [3.8, 4) is 5.75 Å². The maximum Gasteiger partial charge on any atom is 0.396 e. The highest BCUT2D eigenvalue weighted by atomic mass is 32.1. The zero-order valence-electron chi connectivity index (χ0n) is 15.8. The van der Waals surface area contributed by atoms with E-state index in [-0.39, 0.29) is 5.78 Å². The van der Waals surface area contributed by atoms with E-state index in [4.69, 9.17) is 13.9 Å². The van der Waals surface area contributed by atoms with Crippen LogP contribution in [-0.2, 0) is 4.74 Å². The molecule has 0 N–H and O–H groups in total. The summed E-state index contributed by atoms with van der Waals surface area (Å²) in [6, 6.07) is 12.9. The van der Waals surface area contributed by atoms with Crippen LogP contribution in [0.4, 0.5) is 0 Å². The second-order valence-corrected chi connectivity index (χ2v) is 7.58. The molecular formula is C22H21NO5S. The van der Waals surface area contributed by atoms with E-state index in [9.17, 15) is 9.59 Å². The largest absolute Gasteiger partial charge is 0.491 e. The van der Waals surface area contributed by atoms with E-state index in [0.29, 0.717) is 28.2 Å². The molecule has 3 aromatic rings. The molecule has 29 heavy (non-hydrogen) atoms.